The number of hydrogen-bond acceptors (Lipinski definition) is 3. The van der Waals surface area contributed by atoms with Crippen LogP contribution in [0.5, 0.6) is 5.75 Å². The lowest BCUT2D eigenvalue weighted by Crippen LogP contribution is -2.33. The fourth-order valence-corrected chi connectivity index (χ4v) is 2.62. The number of halogens is 1. The highest BCUT2D eigenvalue weighted by molar-refractivity contribution is 7.80. The summed E-state index contributed by atoms with van der Waals surface area (Å²) in [6.45, 7) is 3.94. The Morgan fingerprint density at radius 2 is 2.05 bits per heavy atom. The molecule has 5 heteroatoms. The standard InChI is InChI=1S/C14H19ClN2OS/c15-11-4-5-13(12(10-11)14(16)19)18-9-8-17-6-2-1-3-7-17/h4-5,10H,1-3,6-9H2,(H2,16,19). The molecule has 1 fully saturated rings. The molecule has 1 aliphatic rings. The zero-order valence-corrected chi connectivity index (χ0v) is 12.5. The Hall–Kier alpha value is -0.840. The summed E-state index contributed by atoms with van der Waals surface area (Å²) in [5.41, 5.74) is 6.39. The maximum absolute atomic E-state index is 5.94. The van der Waals surface area contributed by atoms with Gasteiger partial charge < -0.3 is 10.5 Å². The van der Waals surface area contributed by atoms with Crippen molar-refractivity contribution in [3.8, 4) is 5.75 Å². The van der Waals surface area contributed by atoms with E-state index >= 15 is 0 Å². The molecule has 0 amide bonds. The summed E-state index contributed by atoms with van der Waals surface area (Å²) >= 11 is 11.0. The van der Waals surface area contributed by atoms with Crippen LogP contribution in [-0.4, -0.2) is 36.1 Å². The van der Waals surface area contributed by atoms with Crippen LogP contribution in [0, 0.1) is 0 Å². The highest BCUT2D eigenvalue weighted by atomic mass is 35.5. The van der Waals surface area contributed by atoms with Crippen LogP contribution in [0.2, 0.25) is 5.02 Å². The topological polar surface area (TPSA) is 38.5 Å². The van der Waals surface area contributed by atoms with Gasteiger partial charge in [-0.1, -0.05) is 30.2 Å². The summed E-state index contributed by atoms with van der Waals surface area (Å²) in [7, 11) is 0. The number of nitrogens with zero attached hydrogens (tertiary/aromatic N) is 1. The van der Waals surface area contributed by atoms with Crippen LogP contribution in [0.1, 0.15) is 24.8 Å². The normalized spacial score (nSPS) is 16.3. The molecule has 1 aliphatic heterocycles. The number of piperidine rings is 1. The Balaban J connectivity index is 1.89. The molecule has 3 nitrogen and oxygen atoms in total. The molecular weight excluding hydrogens is 280 g/mol. The molecule has 0 spiro atoms. The van der Waals surface area contributed by atoms with E-state index in [2.05, 4.69) is 4.90 Å². The van der Waals surface area contributed by atoms with Crippen LogP contribution in [-0.2, 0) is 0 Å². The molecular formula is C14H19ClN2OS. The summed E-state index contributed by atoms with van der Waals surface area (Å²) in [6.07, 6.45) is 3.93. The number of likely N-dealkylation sites (tertiary alicyclic amines) is 1. The lowest BCUT2D eigenvalue weighted by Gasteiger charge is -2.26. The van der Waals surface area contributed by atoms with Crippen molar-refractivity contribution < 1.29 is 4.74 Å². The molecule has 1 aromatic rings. The Bertz CT molecular complexity index is 447. The van der Waals surface area contributed by atoms with Crippen molar-refractivity contribution in [2.24, 2.45) is 5.73 Å². The van der Waals surface area contributed by atoms with Crippen LogP contribution in [0.15, 0.2) is 18.2 Å². The first-order chi connectivity index (χ1) is 9.16. The van der Waals surface area contributed by atoms with Crippen molar-refractivity contribution in [3.05, 3.63) is 28.8 Å². The maximum atomic E-state index is 5.94. The molecule has 0 saturated carbocycles. The van der Waals surface area contributed by atoms with E-state index in [0.29, 0.717) is 27.9 Å². The molecule has 1 aromatic carbocycles. The van der Waals surface area contributed by atoms with Crippen LogP contribution in [0.4, 0.5) is 0 Å². The molecule has 0 aliphatic carbocycles. The van der Waals surface area contributed by atoms with Crippen molar-refractivity contribution >= 4 is 28.8 Å². The van der Waals surface area contributed by atoms with Gasteiger partial charge in [-0.05, 0) is 44.1 Å². The van der Waals surface area contributed by atoms with E-state index in [1.165, 1.54) is 32.4 Å². The van der Waals surface area contributed by atoms with Crippen molar-refractivity contribution in [1.29, 1.82) is 0 Å². The van der Waals surface area contributed by atoms with Crippen molar-refractivity contribution in [2.45, 2.75) is 19.3 Å². The summed E-state index contributed by atoms with van der Waals surface area (Å²) < 4.78 is 5.79. The summed E-state index contributed by atoms with van der Waals surface area (Å²) in [5.74, 6) is 0.717. The van der Waals surface area contributed by atoms with E-state index in [1.54, 1.807) is 12.1 Å². The Morgan fingerprint density at radius 1 is 1.32 bits per heavy atom. The first kappa shape index (κ1) is 14.6. The van der Waals surface area contributed by atoms with Crippen LogP contribution >= 0.6 is 23.8 Å². The molecule has 0 aromatic heterocycles. The number of nitrogens with two attached hydrogens (primary N) is 1. The largest absolute Gasteiger partial charge is 0.492 e. The van der Waals surface area contributed by atoms with E-state index in [9.17, 15) is 0 Å². The van der Waals surface area contributed by atoms with Gasteiger partial charge in [0.2, 0.25) is 0 Å². The zero-order valence-electron chi connectivity index (χ0n) is 10.9. The number of hydrogen-bond donors (Lipinski definition) is 1. The third kappa shape index (κ3) is 4.34. The number of ether oxygens (including phenoxy) is 1. The van der Waals surface area contributed by atoms with E-state index in [1.807, 2.05) is 6.07 Å². The lowest BCUT2D eigenvalue weighted by atomic mass is 10.1. The van der Waals surface area contributed by atoms with E-state index < -0.39 is 0 Å². The fourth-order valence-electron chi connectivity index (χ4n) is 2.29. The molecule has 0 bridgehead atoms. The molecule has 104 valence electrons. The molecule has 2 rings (SSSR count). The number of thiocarbonyl (C=S) groups is 1. The number of benzene rings is 1. The van der Waals surface area contributed by atoms with Crippen molar-refractivity contribution in [3.63, 3.8) is 0 Å². The van der Waals surface area contributed by atoms with Gasteiger partial charge in [0.25, 0.3) is 0 Å². The molecule has 0 radical (unpaired) electrons. The van der Waals surface area contributed by atoms with Crippen molar-refractivity contribution in [1.82, 2.24) is 4.90 Å². The van der Waals surface area contributed by atoms with Gasteiger partial charge in [-0.15, -0.1) is 0 Å². The van der Waals surface area contributed by atoms with Gasteiger partial charge >= 0.3 is 0 Å². The minimum absolute atomic E-state index is 0.315. The Morgan fingerprint density at radius 3 is 2.74 bits per heavy atom. The summed E-state index contributed by atoms with van der Waals surface area (Å²) in [6, 6.07) is 5.37. The lowest BCUT2D eigenvalue weighted by molar-refractivity contribution is 0.183. The van der Waals surface area contributed by atoms with Gasteiger partial charge in [0, 0.05) is 11.6 Å². The zero-order chi connectivity index (χ0) is 13.7. The second-order valence-electron chi connectivity index (χ2n) is 4.76. The molecule has 0 atom stereocenters. The minimum Gasteiger partial charge on any atom is -0.492 e. The Labute approximate surface area is 124 Å². The van der Waals surface area contributed by atoms with E-state index in [-0.39, 0.29) is 0 Å². The minimum atomic E-state index is 0.315. The van der Waals surface area contributed by atoms with Gasteiger partial charge in [-0.25, -0.2) is 0 Å². The van der Waals surface area contributed by atoms with E-state index in [4.69, 9.17) is 34.3 Å². The average molecular weight is 299 g/mol. The van der Waals surface area contributed by atoms with Gasteiger partial charge in [0.1, 0.15) is 17.3 Å². The highest BCUT2D eigenvalue weighted by Crippen LogP contribution is 2.23. The predicted molar refractivity (Wildman–Crippen MR) is 83.1 cm³/mol. The Kier molecular flexibility index (Phi) is 5.43. The first-order valence-corrected chi connectivity index (χ1v) is 7.40. The van der Waals surface area contributed by atoms with Gasteiger partial charge in [-0.3, -0.25) is 4.90 Å². The van der Waals surface area contributed by atoms with E-state index in [0.717, 1.165) is 6.54 Å². The molecule has 19 heavy (non-hydrogen) atoms. The predicted octanol–water partition coefficient (Wildman–Crippen LogP) is 2.84. The van der Waals surface area contributed by atoms with Gasteiger partial charge in [0.05, 0.1) is 5.56 Å². The number of rotatable bonds is 5. The quantitative estimate of drug-likeness (QED) is 0.849. The van der Waals surface area contributed by atoms with Crippen molar-refractivity contribution in [2.75, 3.05) is 26.2 Å². The second kappa shape index (κ2) is 7.08. The maximum Gasteiger partial charge on any atom is 0.129 e. The monoisotopic (exact) mass is 298 g/mol. The third-order valence-corrected chi connectivity index (χ3v) is 3.78. The van der Waals surface area contributed by atoms with Gasteiger partial charge in [0.15, 0.2) is 0 Å². The van der Waals surface area contributed by atoms with Crippen LogP contribution in [0.3, 0.4) is 0 Å². The highest BCUT2D eigenvalue weighted by Gasteiger charge is 2.11. The second-order valence-corrected chi connectivity index (χ2v) is 5.63. The summed E-state index contributed by atoms with van der Waals surface area (Å²) in [5, 5.41) is 0.617. The summed E-state index contributed by atoms with van der Waals surface area (Å²) in [4.78, 5) is 2.75. The smallest absolute Gasteiger partial charge is 0.129 e. The SMILES string of the molecule is NC(=S)c1cc(Cl)ccc1OCCN1CCCCC1. The van der Waals surface area contributed by atoms with Gasteiger partial charge in [-0.2, -0.15) is 0 Å². The molecule has 1 saturated heterocycles. The first-order valence-electron chi connectivity index (χ1n) is 6.61. The molecule has 0 unspecified atom stereocenters. The third-order valence-electron chi connectivity index (χ3n) is 3.32. The fraction of sp³-hybridized carbons (Fsp3) is 0.500. The molecule has 1 heterocycles. The average Bonchev–Trinajstić information content (AvgIpc) is 2.41. The van der Waals surface area contributed by atoms with Crippen LogP contribution in [0.25, 0.3) is 0 Å². The van der Waals surface area contributed by atoms with Crippen LogP contribution < -0.4 is 10.5 Å². The molecule has 2 N–H and O–H groups in total.